The predicted molar refractivity (Wildman–Crippen MR) is 159 cm³/mol. The molecule has 4 aromatic rings. The van der Waals surface area contributed by atoms with Gasteiger partial charge in [0, 0.05) is 47.8 Å². The summed E-state index contributed by atoms with van der Waals surface area (Å²) in [5, 5.41) is 1.92. The van der Waals surface area contributed by atoms with E-state index >= 15 is 0 Å². The lowest BCUT2D eigenvalue weighted by Gasteiger charge is -2.36. The molecule has 6 heteroatoms. The van der Waals surface area contributed by atoms with Crippen molar-refractivity contribution >= 4 is 21.8 Å². The number of nitrogens with zero attached hydrogens (tertiary/aromatic N) is 4. The minimum absolute atomic E-state index is 0.259. The van der Waals surface area contributed by atoms with Gasteiger partial charge in [0.15, 0.2) is 11.6 Å². The summed E-state index contributed by atoms with van der Waals surface area (Å²) in [6, 6.07) is 11.1. The van der Waals surface area contributed by atoms with Gasteiger partial charge < -0.3 is 18.9 Å². The molecule has 1 saturated carbocycles. The maximum absolute atomic E-state index is 13.7. The summed E-state index contributed by atoms with van der Waals surface area (Å²) in [6.45, 7) is 7.27. The Morgan fingerprint density at radius 1 is 0.872 bits per heavy atom. The number of halogens is 2. The predicted octanol–water partition coefficient (Wildman–Crippen LogP) is 7.39. The van der Waals surface area contributed by atoms with E-state index in [1.165, 1.54) is 48.2 Å². The second-order valence-corrected chi connectivity index (χ2v) is 11.8. The molecule has 3 unspecified atom stereocenters. The monoisotopic (exact) mass is 534 g/mol. The maximum atomic E-state index is 13.7. The lowest BCUT2D eigenvalue weighted by molar-refractivity contribution is 0.216. The van der Waals surface area contributed by atoms with Gasteiger partial charge in [-0.2, -0.15) is 0 Å². The third kappa shape index (κ3) is 4.80. The van der Waals surface area contributed by atoms with Gasteiger partial charge in [-0.1, -0.05) is 38.5 Å². The first kappa shape index (κ1) is 27.9. The molecular weight excluding hydrogens is 490 g/mol. The molecule has 0 radical (unpaired) electrons. The van der Waals surface area contributed by atoms with Crippen molar-refractivity contribution in [3.05, 3.63) is 71.1 Å². The molecule has 0 saturated heterocycles. The zero-order valence-electron chi connectivity index (χ0n) is 24.6. The number of rotatable bonds is 3. The second kappa shape index (κ2) is 11.1. The smallest absolute Gasteiger partial charge is 0.168 e. The highest BCUT2D eigenvalue weighted by molar-refractivity contribution is 5.88. The molecule has 1 aliphatic carbocycles. The Morgan fingerprint density at radius 3 is 2.26 bits per heavy atom. The standard InChI is InChI=1S/C17H22N2.C14H16F2N2.C2H6/c1-18(2)14-9-13-7-4-8-15-16(12-5-3-6-12)11-19(10-14)17(13)15;1-8-12(17(2)3)7-9-6-11(15)13(16)10-4-5-18(8)14(9)10;1-2/h4,7-8,11-12,14H,3,5-6,9-10H2,1-2H3;4-6,8,12H,7H2,1-3H3;1-2H3. The van der Waals surface area contributed by atoms with Crippen molar-refractivity contribution in [2.45, 2.75) is 83.5 Å². The van der Waals surface area contributed by atoms with Gasteiger partial charge >= 0.3 is 0 Å². The van der Waals surface area contributed by atoms with Crippen molar-refractivity contribution in [1.29, 1.82) is 0 Å². The Labute approximate surface area is 232 Å². The van der Waals surface area contributed by atoms with Crippen LogP contribution in [-0.4, -0.2) is 59.2 Å². The van der Waals surface area contributed by atoms with Crippen LogP contribution in [0, 0.1) is 11.6 Å². The topological polar surface area (TPSA) is 16.3 Å². The third-order valence-corrected chi connectivity index (χ3v) is 9.21. The van der Waals surface area contributed by atoms with Crippen LogP contribution in [0.2, 0.25) is 0 Å². The molecule has 0 spiro atoms. The first-order chi connectivity index (χ1) is 18.7. The summed E-state index contributed by atoms with van der Waals surface area (Å²) in [7, 11) is 8.44. The van der Waals surface area contributed by atoms with E-state index < -0.39 is 11.6 Å². The maximum Gasteiger partial charge on any atom is 0.168 e. The van der Waals surface area contributed by atoms with Crippen molar-refractivity contribution in [1.82, 2.24) is 18.9 Å². The molecule has 4 heterocycles. The van der Waals surface area contributed by atoms with Gasteiger partial charge in [0.25, 0.3) is 0 Å². The Kier molecular flexibility index (Phi) is 7.89. The van der Waals surface area contributed by atoms with Crippen LogP contribution >= 0.6 is 0 Å². The van der Waals surface area contributed by atoms with E-state index in [1.54, 1.807) is 11.6 Å². The summed E-state index contributed by atoms with van der Waals surface area (Å²) in [4.78, 5) is 4.51. The number of aromatic nitrogens is 2. The molecule has 0 amide bonds. The molecule has 0 bridgehead atoms. The van der Waals surface area contributed by atoms with Gasteiger partial charge in [0.1, 0.15) is 0 Å². The fraction of sp³-hybridized carbons (Fsp3) is 0.515. The highest BCUT2D eigenvalue weighted by Crippen LogP contribution is 2.42. The van der Waals surface area contributed by atoms with Crippen molar-refractivity contribution < 1.29 is 8.78 Å². The lowest BCUT2D eigenvalue weighted by atomic mass is 9.80. The van der Waals surface area contributed by atoms with E-state index in [1.807, 2.05) is 34.1 Å². The molecule has 4 nitrogen and oxygen atoms in total. The molecule has 210 valence electrons. The Morgan fingerprint density at radius 2 is 1.62 bits per heavy atom. The van der Waals surface area contributed by atoms with Crippen LogP contribution in [0.4, 0.5) is 8.78 Å². The zero-order chi connectivity index (χ0) is 28.0. The normalized spacial score (nSPS) is 22.0. The molecule has 2 aliphatic heterocycles. The van der Waals surface area contributed by atoms with Gasteiger partial charge in [0.05, 0.1) is 11.0 Å². The van der Waals surface area contributed by atoms with E-state index in [-0.39, 0.29) is 6.04 Å². The van der Waals surface area contributed by atoms with E-state index in [2.05, 4.69) is 64.3 Å². The zero-order valence-corrected chi connectivity index (χ0v) is 24.6. The molecule has 39 heavy (non-hydrogen) atoms. The summed E-state index contributed by atoms with van der Waals surface area (Å²) >= 11 is 0. The molecule has 1 fully saturated rings. The first-order valence-electron chi connectivity index (χ1n) is 14.7. The van der Waals surface area contributed by atoms with Gasteiger partial charge in [-0.05, 0) is 95.5 Å². The molecule has 3 atom stereocenters. The van der Waals surface area contributed by atoms with Crippen molar-refractivity contribution in [3.63, 3.8) is 0 Å². The van der Waals surface area contributed by atoms with E-state index in [0.717, 1.165) is 30.0 Å². The Bertz CT molecular complexity index is 1460. The third-order valence-electron chi connectivity index (χ3n) is 9.21. The lowest BCUT2D eigenvalue weighted by Crippen LogP contribution is -2.39. The van der Waals surface area contributed by atoms with Crippen molar-refractivity contribution in [2.24, 2.45) is 0 Å². The minimum atomic E-state index is -0.748. The van der Waals surface area contributed by atoms with Crippen LogP contribution in [-0.2, 0) is 19.4 Å². The molecule has 2 aromatic heterocycles. The summed E-state index contributed by atoms with van der Waals surface area (Å²) in [5.41, 5.74) is 6.41. The first-order valence-corrected chi connectivity index (χ1v) is 14.7. The Hall–Kier alpha value is -2.70. The number of hydrogen-bond acceptors (Lipinski definition) is 2. The van der Waals surface area contributed by atoms with Gasteiger partial charge in [-0.15, -0.1) is 0 Å². The summed E-state index contributed by atoms with van der Waals surface area (Å²) in [6.07, 6.45) is 10.5. The highest BCUT2D eigenvalue weighted by Gasteiger charge is 2.31. The minimum Gasteiger partial charge on any atom is -0.345 e. The fourth-order valence-electron chi connectivity index (χ4n) is 6.78. The summed E-state index contributed by atoms with van der Waals surface area (Å²) in [5.74, 6) is -0.653. The number of likely N-dealkylation sites (N-methyl/N-ethyl adjacent to an activating group) is 2. The van der Waals surface area contributed by atoms with Gasteiger partial charge in [-0.3, -0.25) is 0 Å². The van der Waals surface area contributed by atoms with Crippen LogP contribution in [0.5, 0.6) is 0 Å². The average Bonchev–Trinajstić information content (AvgIpc) is 3.49. The number of para-hydroxylation sites is 1. The molecule has 0 N–H and O–H groups in total. The molecule has 2 aromatic carbocycles. The van der Waals surface area contributed by atoms with Crippen LogP contribution in [0.1, 0.15) is 68.7 Å². The highest BCUT2D eigenvalue weighted by atomic mass is 19.2. The molecule has 3 aliphatic rings. The number of hydrogen-bond donors (Lipinski definition) is 0. The molecular formula is C33H44F2N4. The van der Waals surface area contributed by atoms with Crippen LogP contribution in [0.3, 0.4) is 0 Å². The summed E-state index contributed by atoms with van der Waals surface area (Å²) < 4.78 is 31.9. The van der Waals surface area contributed by atoms with E-state index in [0.29, 0.717) is 17.5 Å². The average molecular weight is 535 g/mol. The van der Waals surface area contributed by atoms with E-state index in [4.69, 9.17) is 0 Å². The SMILES string of the molecule is CC.CC1C(N(C)C)Cc2cc(F)c(F)c3ccn1c23.CN(C)C1Cc2cccc3c(C4CCC4)cn(c23)C1. The van der Waals surface area contributed by atoms with Crippen molar-refractivity contribution in [2.75, 3.05) is 28.2 Å². The number of benzene rings is 2. The van der Waals surface area contributed by atoms with Gasteiger partial charge in [-0.25, -0.2) is 8.78 Å². The van der Waals surface area contributed by atoms with Crippen LogP contribution < -0.4 is 0 Å². The Balaban J connectivity index is 0.000000149. The van der Waals surface area contributed by atoms with Gasteiger partial charge in [0.2, 0.25) is 0 Å². The molecule has 7 rings (SSSR count). The second-order valence-electron chi connectivity index (χ2n) is 11.8. The van der Waals surface area contributed by atoms with Crippen LogP contribution in [0.15, 0.2) is 42.7 Å². The van der Waals surface area contributed by atoms with E-state index in [9.17, 15) is 8.78 Å². The largest absolute Gasteiger partial charge is 0.345 e. The van der Waals surface area contributed by atoms with Crippen LogP contribution in [0.25, 0.3) is 21.8 Å². The quantitative estimate of drug-likeness (QED) is 0.273. The fourth-order valence-corrected chi connectivity index (χ4v) is 6.78. The van der Waals surface area contributed by atoms with Crippen molar-refractivity contribution in [3.8, 4) is 0 Å².